The number of amides is 1. The number of nitrogens with zero attached hydrogens (tertiary/aromatic N) is 2. The lowest BCUT2D eigenvalue weighted by atomic mass is 9.93. The minimum absolute atomic E-state index is 0.122. The number of hydrogen-bond donors (Lipinski definition) is 2. The number of carbonyl (C=O) groups excluding carboxylic acids is 1. The first-order valence-electron chi connectivity index (χ1n) is 7.76. The van der Waals surface area contributed by atoms with Gasteiger partial charge in [0.25, 0.3) is 5.91 Å². The molecule has 1 aliphatic carbocycles. The van der Waals surface area contributed by atoms with Gasteiger partial charge in [-0.3, -0.25) is 4.79 Å². The highest BCUT2D eigenvalue weighted by Crippen LogP contribution is 2.38. The fraction of sp³-hybridized carbons (Fsp3) is 0.733. The molecule has 0 spiro atoms. The molecule has 110 valence electrons. The van der Waals surface area contributed by atoms with Crippen molar-refractivity contribution in [2.24, 2.45) is 5.92 Å². The molecule has 2 heterocycles. The van der Waals surface area contributed by atoms with E-state index >= 15 is 0 Å². The molecule has 2 aliphatic rings. The summed E-state index contributed by atoms with van der Waals surface area (Å²) in [6.07, 6.45) is 7.58. The standard InChI is InChI=1S/C15H24N4O/c1-16-7-4-11-5-8-19(9-6-11)15(20)13-10-17-14(18-13)12-2-3-12/h10-12,16H,2-9H2,1H3,(H,17,18). The molecule has 1 aromatic heterocycles. The van der Waals surface area contributed by atoms with E-state index in [4.69, 9.17) is 0 Å². The molecule has 2 N–H and O–H groups in total. The van der Waals surface area contributed by atoms with Crippen molar-refractivity contribution >= 4 is 5.91 Å². The van der Waals surface area contributed by atoms with Crippen molar-refractivity contribution in [3.8, 4) is 0 Å². The SMILES string of the molecule is CNCCC1CCN(C(=O)c2cnc(C3CC3)[nH]2)CC1. The zero-order valence-corrected chi connectivity index (χ0v) is 12.2. The van der Waals surface area contributed by atoms with Gasteiger partial charge in [-0.25, -0.2) is 4.98 Å². The molecule has 0 unspecified atom stereocenters. The van der Waals surface area contributed by atoms with E-state index in [0.29, 0.717) is 11.6 Å². The third kappa shape index (κ3) is 3.03. The highest BCUT2D eigenvalue weighted by atomic mass is 16.2. The summed E-state index contributed by atoms with van der Waals surface area (Å²) in [6.45, 7) is 2.83. The molecule has 5 nitrogen and oxygen atoms in total. The molecule has 5 heteroatoms. The van der Waals surface area contributed by atoms with E-state index in [1.165, 1.54) is 19.3 Å². The van der Waals surface area contributed by atoms with Crippen molar-refractivity contribution < 1.29 is 4.79 Å². The molecule has 1 aliphatic heterocycles. The maximum Gasteiger partial charge on any atom is 0.271 e. The smallest absolute Gasteiger partial charge is 0.271 e. The van der Waals surface area contributed by atoms with Crippen LogP contribution in [0.25, 0.3) is 0 Å². The van der Waals surface area contributed by atoms with E-state index in [1.54, 1.807) is 6.20 Å². The van der Waals surface area contributed by atoms with Crippen LogP contribution in [0.5, 0.6) is 0 Å². The first kappa shape index (κ1) is 13.6. The number of hydrogen-bond acceptors (Lipinski definition) is 3. The second-order valence-electron chi connectivity index (χ2n) is 6.08. The van der Waals surface area contributed by atoms with E-state index in [-0.39, 0.29) is 5.91 Å². The topological polar surface area (TPSA) is 61.0 Å². The predicted octanol–water partition coefficient (Wildman–Crippen LogP) is 1.75. The number of nitrogens with one attached hydrogen (secondary N) is 2. The third-order valence-corrected chi connectivity index (χ3v) is 4.49. The molecule has 1 amide bonds. The van der Waals surface area contributed by atoms with Gasteiger partial charge in [0.1, 0.15) is 11.5 Å². The van der Waals surface area contributed by atoms with Gasteiger partial charge in [-0.05, 0) is 51.6 Å². The number of H-pyrrole nitrogens is 1. The first-order valence-corrected chi connectivity index (χ1v) is 7.76. The fourth-order valence-electron chi connectivity index (χ4n) is 2.95. The van der Waals surface area contributed by atoms with E-state index < -0.39 is 0 Å². The van der Waals surface area contributed by atoms with Gasteiger partial charge in [0.15, 0.2) is 0 Å². The van der Waals surface area contributed by atoms with E-state index in [0.717, 1.165) is 44.2 Å². The van der Waals surface area contributed by atoms with Gasteiger partial charge in [-0.2, -0.15) is 0 Å². The Hall–Kier alpha value is -1.36. The molecule has 0 atom stereocenters. The number of likely N-dealkylation sites (tertiary alicyclic amines) is 1. The Kier molecular flexibility index (Phi) is 4.05. The van der Waals surface area contributed by atoms with Crippen molar-refractivity contribution in [1.29, 1.82) is 0 Å². The van der Waals surface area contributed by atoms with Crippen LogP contribution >= 0.6 is 0 Å². The number of rotatable bonds is 5. The summed E-state index contributed by atoms with van der Waals surface area (Å²) >= 11 is 0. The number of piperidine rings is 1. The van der Waals surface area contributed by atoms with Gasteiger partial charge in [-0.1, -0.05) is 0 Å². The second kappa shape index (κ2) is 5.95. The normalized spacial score (nSPS) is 20.4. The lowest BCUT2D eigenvalue weighted by molar-refractivity contribution is 0.0681. The highest BCUT2D eigenvalue weighted by molar-refractivity contribution is 5.92. The summed E-state index contributed by atoms with van der Waals surface area (Å²) in [5.41, 5.74) is 0.667. The lowest BCUT2D eigenvalue weighted by Gasteiger charge is -2.31. The summed E-state index contributed by atoms with van der Waals surface area (Å²) in [6, 6.07) is 0. The lowest BCUT2D eigenvalue weighted by Crippen LogP contribution is -2.39. The maximum absolute atomic E-state index is 12.4. The molecule has 2 fully saturated rings. The number of aromatic amines is 1. The summed E-state index contributed by atoms with van der Waals surface area (Å²) in [4.78, 5) is 21.9. The van der Waals surface area contributed by atoms with Gasteiger partial charge in [0.05, 0.1) is 6.20 Å². The molecule has 1 saturated heterocycles. The molecular formula is C15H24N4O. The number of aromatic nitrogens is 2. The van der Waals surface area contributed by atoms with Crippen LogP contribution in [0.3, 0.4) is 0 Å². The largest absolute Gasteiger partial charge is 0.338 e. The van der Waals surface area contributed by atoms with Crippen LogP contribution in [0, 0.1) is 5.92 Å². The van der Waals surface area contributed by atoms with Crippen LogP contribution < -0.4 is 5.32 Å². The monoisotopic (exact) mass is 276 g/mol. The zero-order valence-electron chi connectivity index (χ0n) is 12.2. The fourth-order valence-corrected chi connectivity index (χ4v) is 2.95. The van der Waals surface area contributed by atoms with Crippen LogP contribution in [-0.2, 0) is 0 Å². The molecule has 1 saturated carbocycles. The minimum atomic E-state index is 0.122. The minimum Gasteiger partial charge on any atom is -0.338 e. The Morgan fingerprint density at radius 3 is 2.80 bits per heavy atom. The van der Waals surface area contributed by atoms with Gasteiger partial charge < -0.3 is 15.2 Å². The molecule has 0 bridgehead atoms. The summed E-state index contributed by atoms with van der Waals surface area (Å²) < 4.78 is 0. The average molecular weight is 276 g/mol. The first-order chi connectivity index (χ1) is 9.78. The summed E-state index contributed by atoms with van der Waals surface area (Å²) in [5.74, 6) is 2.45. The van der Waals surface area contributed by atoms with Crippen LogP contribution in [0.4, 0.5) is 0 Å². The van der Waals surface area contributed by atoms with Gasteiger partial charge in [0.2, 0.25) is 0 Å². The van der Waals surface area contributed by atoms with Gasteiger partial charge >= 0.3 is 0 Å². The van der Waals surface area contributed by atoms with Crippen LogP contribution in [-0.4, -0.2) is 47.5 Å². The van der Waals surface area contributed by atoms with Crippen molar-refractivity contribution in [2.45, 2.75) is 38.0 Å². The van der Waals surface area contributed by atoms with E-state index in [2.05, 4.69) is 15.3 Å². The van der Waals surface area contributed by atoms with Crippen LogP contribution in [0.15, 0.2) is 6.20 Å². The summed E-state index contributed by atoms with van der Waals surface area (Å²) in [7, 11) is 1.99. The van der Waals surface area contributed by atoms with Gasteiger partial charge in [0, 0.05) is 19.0 Å². The molecule has 1 aromatic rings. The highest BCUT2D eigenvalue weighted by Gasteiger charge is 2.29. The quantitative estimate of drug-likeness (QED) is 0.861. The zero-order chi connectivity index (χ0) is 13.9. The average Bonchev–Trinajstić information content (AvgIpc) is 3.22. The second-order valence-corrected chi connectivity index (χ2v) is 6.08. The third-order valence-electron chi connectivity index (χ3n) is 4.49. The maximum atomic E-state index is 12.4. The van der Waals surface area contributed by atoms with Crippen LogP contribution in [0.1, 0.15) is 54.3 Å². The Morgan fingerprint density at radius 2 is 2.15 bits per heavy atom. The van der Waals surface area contributed by atoms with Crippen molar-refractivity contribution in [2.75, 3.05) is 26.7 Å². The molecule has 3 rings (SSSR count). The summed E-state index contributed by atoms with van der Waals surface area (Å²) in [5, 5.41) is 3.20. The molecule has 0 radical (unpaired) electrons. The van der Waals surface area contributed by atoms with Crippen molar-refractivity contribution in [1.82, 2.24) is 20.2 Å². The predicted molar refractivity (Wildman–Crippen MR) is 77.7 cm³/mol. The Balaban J connectivity index is 1.52. The molecule has 20 heavy (non-hydrogen) atoms. The van der Waals surface area contributed by atoms with Crippen LogP contribution in [0.2, 0.25) is 0 Å². The van der Waals surface area contributed by atoms with Crippen molar-refractivity contribution in [3.05, 3.63) is 17.7 Å². The van der Waals surface area contributed by atoms with Gasteiger partial charge in [-0.15, -0.1) is 0 Å². The van der Waals surface area contributed by atoms with E-state index in [1.807, 2.05) is 11.9 Å². The Morgan fingerprint density at radius 1 is 1.40 bits per heavy atom. The van der Waals surface area contributed by atoms with E-state index in [9.17, 15) is 4.79 Å². The molecular weight excluding hydrogens is 252 g/mol. The van der Waals surface area contributed by atoms with Crippen molar-refractivity contribution in [3.63, 3.8) is 0 Å². The Labute approximate surface area is 120 Å². The Bertz CT molecular complexity index is 458. The molecule has 0 aromatic carbocycles. The number of carbonyl (C=O) groups is 1. The number of imidazole rings is 1.